The maximum atomic E-state index is 13.4. The van der Waals surface area contributed by atoms with Crippen molar-refractivity contribution in [2.45, 2.75) is 0 Å². The second kappa shape index (κ2) is 6.80. The van der Waals surface area contributed by atoms with Crippen molar-refractivity contribution in [1.82, 2.24) is 4.98 Å². The molecule has 1 aromatic heterocycles. The Hall–Kier alpha value is -3.39. The molecule has 0 aliphatic heterocycles. The molecule has 2 aromatic carbocycles. The van der Waals surface area contributed by atoms with Crippen LogP contribution in [0, 0.1) is 17.1 Å². The van der Waals surface area contributed by atoms with E-state index in [4.69, 9.17) is 4.74 Å². The SMILES string of the molecule is COc1cccc(-c2cncc(C#N)c2Nc2cccc(F)c2)c1. The minimum absolute atomic E-state index is 0.351. The normalized spacial score (nSPS) is 10.0. The first-order chi connectivity index (χ1) is 11.7. The predicted octanol–water partition coefficient (Wildman–Crippen LogP) is 4.51. The fourth-order valence-corrected chi connectivity index (χ4v) is 2.40. The molecule has 1 heterocycles. The van der Waals surface area contributed by atoms with Crippen LogP contribution in [0.15, 0.2) is 60.9 Å². The average molecular weight is 319 g/mol. The molecule has 1 N–H and O–H groups in total. The van der Waals surface area contributed by atoms with Gasteiger partial charge >= 0.3 is 0 Å². The molecule has 24 heavy (non-hydrogen) atoms. The quantitative estimate of drug-likeness (QED) is 0.768. The van der Waals surface area contributed by atoms with Crippen molar-refractivity contribution in [2.75, 3.05) is 12.4 Å². The molecule has 0 amide bonds. The minimum Gasteiger partial charge on any atom is -0.497 e. The van der Waals surface area contributed by atoms with Gasteiger partial charge in [-0.25, -0.2) is 4.39 Å². The summed E-state index contributed by atoms with van der Waals surface area (Å²) in [5, 5.41) is 12.5. The number of nitrogens with zero attached hydrogens (tertiary/aromatic N) is 2. The molecule has 0 saturated carbocycles. The lowest BCUT2D eigenvalue weighted by Gasteiger charge is -2.14. The van der Waals surface area contributed by atoms with Gasteiger partial charge in [-0.05, 0) is 35.9 Å². The summed E-state index contributed by atoms with van der Waals surface area (Å²) < 4.78 is 18.7. The van der Waals surface area contributed by atoms with Gasteiger partial charge in [0.25, 0.3) is 0 Å². The summed E-state index contributed by atoms with van der Waals surface area (Å²) in [7, 11) is 1.59. The topological polar surface area (TPSA) is 57.9 Å². The molecular formula is C19H14FN3O. The third kappa shape index (κ3) is 3.18. The van der Waals surface area contributed by atoms with E-state index in [1.807, 2.05) is 24.3 Å². The zero-order valence-electron chi connectivity index (χ0n) is 13.0. The molecule has 0 atom stereocenters. The zero-order valence-corrected chi connectivity index (χ0v) is 13.0. The highest BCUT2D eigenvalue weighted by molar-refractivity contribution is 5.84. The molecule has 0 radical (unpaired) electrons. The van der Waals surface area contributed by atoms with Gasteiger partial charge in [0.15, 0.2) is 0 Å². The zero-order chi connectivity index (χ0) is 16.9. The van der Waals surface area contributed by atoms with Gasteiger partial charge in [0.2, 0.25) is 0 Å². The van der Waals surface area contributed by atoms with Gasteiger partial charge < -0.3 is 10.1 Å². The summed E-state index contributed by atoms with van der Waals surface area (Å²) in [6.45, 7) is 0. The smallest absolute Gasteiger partial charge is 0.125 e. The fourth-order valence-electron chi connectivity index (χ4n) is 2.40. The van der Waals surface area contributed by atoms with Crippen LogP contribution >= 0.6 is 0 Å². The standard InChI is InChI=1S/C19H14FN3O/c1-24-17-7-2-4-13(8-17)18-12-22-11-14(10-21)19(18)23-16-6-3-5-15(20)9-16/h2-9,11-12H,1H3,(H,22,23). The van der Waals surface area contributed by atoms with Crippen molar-refractivity contribution in [3.05, 3.63) is 72.3 Å². The Morgan fingerprint density at radius 2 is 1.96 bits per heavy atom. The fraction of sp³-hybridized carbons (Fsp3) is 0.0526. The molecule has 0 fully saturated rings. The lowest BCUT2D eigenvalue weighted by atomic mass is 10.0. The van der Waals surface area contributed by atoms with Gasteiger partial charge in [0.1, 0.15) is 17.6 Å². The van der Waals surface area contributed by atoms with Crippen molar-refractivity contribution < 1.29 is 9.13 Å². The number of aromatic nitrogens is 1. The first-order valence-corrected chi connectivity index (χ1v) is 7.26. The molecule has 3 rings (SSSR count). The molecule has 0 unspecified atom stereocenters. The summed E-state index contributed by atoms with van der Waals surface area (Å²) in [5.41, 5.74) is 3.09. The Bertz CT molecular complexity index is 918. The highest BCUT2D eigenvalue weighted by atomic mass is 19.1. The first-order valence-electron chi connectivity index (χ1n) is 7.26. The van der Waals surface area contributed by atoms with Gasteiger partial charge in [-0.2, -0.15) is 5.26 Å². The summed E-state index contributed by atoms with van der Waals surface area (Å²) >= 11 is 0. The van der Waals surface area contributed by atoms with Crippen LogP contribution in [-0.4, -0.2) is 12.1 Å². The van der Waals surface area contributed by atoms with Crippen molar-refractivity contribution in [2.24, 2.45) is 0 Å². The highest BCUT2D eigenvalue weighted by Crippen LogP contribution is 2.34. The van der Waals surface area contributed by atoms with E-state index in [2.05, 4.69) is 16.4 Å². The molecule has 4 nitrogen and oxygen atoms in total. The summed E-state index contributed by atoms with van der Waals surface area (Å²) in [6.07, 6.45) is 3.14. The third-order valence-electron chi connectivity index (χ3n) is 3.54. The average Bonchev–Trinajstić information content (AvgIpc) is 2.62. The number of anilines is 2. The van der Waals surface area contributed by atoms with E-state index in [0.717, 1.165) is 11.1 Å². The molecule has 5 heteroatoms. The maximum absolute atomic E-state index is 13.4. The second-order valence-corrected chi connectivity index (χ2v) is 5.09. The van der Waals surface area contributed by atoms with Crippen LogP contribution in [0.4, 0.5) is 15.8 Å². The number of ether oxygens (including phenoxy) is 1. The van der Waals surface area contributed by atoms with E-state index in [-0.39, 0.29) is 5.82 Å². The van der Waals surface area contributed by atoms with Crippen LogP contribution in [0.5, 0.6) is 5.75 Å². The van der Waals surface area contributed by atoms with Gasteiger partial charge in [-0.3, -0.25) is 4.98 Å². The van der Waals surface area contributed by atoms with Crippen molar-refractivity contribution in [3.63, 3.8) is 0 Å². The molecule has 0 aliphatic rings. The summed E-state index contributed by atoms with van der Waals surface area (Å²) in [6, 6.07) is 15.7. The van der Waals surface area contributed by atoms with E-state index >= 15 is 0 Å². The third-order valence-corrected chi connectivity index (χ3v) is 3.54. The molecule has 0 aliphatic carbocycles. The van der Waals surface area contributed by atoms with Gasteiger partial charge in [-0.1, -0.05) is 18.2 Å². The second-order valence-electron chi connectivity index (χ2n) is 5.09. The van der Waals surface area contributed by atoms with Crippen LogP contribution in [-0.2, 0) is 0 Å². The Labute approximate surface area is 139 Å². The lowest BCUT2D eigenvalue weighted by molar-refractivity contribution is 0.415. The predicted molar refractivity (Wildman–Crippen MR) is 90.6 cm³/mol. The largest absolute Gasteiger partial charge is 0.497 e. The highest BCUT2D eigenvalue weighted by Gasteiger charge is 2.12. The Morgan fingerprint density at radius 3 is 2.71 bits per heavy atom. The monoisotopic (exact) mass is 319 g/mol. The van der Waals surface area contributed by atoms with Gasteiger partial charge in [0, 0.05) is 23.6 Å². The van der Waals surface area contributed by atoms with Crippen LogP contribution < -0.4 is 10.1 Å². The van der Waals surface area contributed by atoms with Crippen LogP contribution in [0.2, 0.25) is 0 Å². The summed E-state index contributed by atoms with van der Waals surface area (Å²) in [5.74, 6) is 0.349. The number of methoxy groups -OCH3 is 1. The first kappa shape index (κ1) is 15.5. The van der Waals surface area contributed by atoms with E-state index in [1.165, 1.54) is 18.3 Å². The molecular weight excluding hydrogens is 305 g/mol. The maximum Gasteiger partial charge on any atom is 0.125 e. The molecule has 3 aromatic rings. The number of benzene rings is 2. The molecule has 0 saturated heterocycles. The van der Waals surface area contributed by atoms with Crippen LogP contribution in [0.25, 0.3) is 11.1 Å². The Morgan fingerprint density at radius 1 is 1.12 bits per heavy atom. The van der Waals surface area contributed by atoms with Crippen LogP contribution in [0.1, 0.15) is 5.56 Å². The number of nitrogens with one attached hydrogen (secondary N) is 1. The number of halogens is 1. The number of hydrogen-bond acceptors (Lipinski definition) is 4. The van der Waals surface area contributed by atoms with E-state index < -0.39 is 0 Å². The van der Waals surface area contributed by atoms with Crippen molar-refractivity contribution in [1.29, 1.82) is 5.26 Å². The van der Waals surface area contributed by atoms with Crippen molar-refractivity contribution in [3.8, 4) is 22.9 Å². The van der Waals surface area contributed by atoms with E-state index in [1.54, 1.807) is 25.4 Å². The number of pyridine rings is 1. The van der Waals surface area contributed by atoms with E-state index in [9.17, 15) is 9.65 Å². The van der Waals surface area contributed by atoms with E-state index in [0.29, 0.717) is 22.7 Å². The van der Waals surface area contributed by atoms with Crippen LogP contribution in [0.3, 0.4) is 0 Å². The molecule has 0 spiro atoms. The molecule has 0 bridgehead atoms. The minimum atomic E-state index is -0.351. The summed E-state index contributed by atoms with van der Waals surface area (Å²) in [4.78, 5) is 4.13. The Kier molecular flexibility index (Phi) is 4.39. The van der Waals surface area contributed by atoms with Gasteiger partial charge in [-0.15, -0.1) is 0 Å². The number of hydrogen-bond donors (Lipinski definition) is 1. The molecule has 118 valence electrons. The van der Waals surface area contributed by atoms with Crippen molar-refractivity contribution >= 4 is 11.4 Å². The number of nitriles is 1. The Balaban J connectivity index is 2.11. The number of rotatable bonds is 4. The lowest BCUT2D eigenvalue weighted by Crippen LogP contribution is -1.98. The van der Waals surface area contributed by atoms with Gasteiger partial charge in [0.05, 0.1) is 18.4 Å².